The summed E-state index contributed by atoms with van der Waals surface area (Å²) in [5.41, 5.74) is -0.604. The third kappa shape index (κ3) is 2.67. The molecule has 1 amide bonds. The number of aliphatic hydroxyl groups excluding tert-OH is 1. The van der Waals surface area contributed by atoms with Gasteiger partial charge >= 0.3 is 0 Å². The first-order valence-electron chi connectivity index (χ1n) is 8.34. The first kappa shape index (κ1) is 15.1. The molecule has 2 aliphatic rings. The average molecular weight is 330 g/mol. The number of amides is 1. The highest BCUT2D eigenvalue weighted by Gasteiger charge is 2.49. The van der Waals surface area contributed by atoms with E-state index in [1.807, 2.05) is 11.3 Å². The summed E-state index contributed by atoms with van der Waals surface area (Å²) < 4.78 is 1.31. The van der Waals surface area contributed by atoms with E-state index in [2.05, 4.69) is 40.5 Å². The van der Waals surface area contributed by atoms with Gasteiger partial charge in [-0.2, -0.15) is 0 Å². The molecule has 0 radical (unpaired) electrons. The van der Waals surface area contributed by atoms with Crippen LogP contribution in [0.4, 0.5) is 0 Å². The maximum atomic E-state index is 12.4. The number of hydrogen-bond donors (Lipinski definition) is 2. The van der Waals surface area contributed by atoms with Crippen molar-refractivity contribution < 1.29 is 9.90 Å². The van der Waals surface area contributed by atoms with E-state index in [0.29, 0.717) is 13.0 Å². The number of nitrogens with one attached hydrogen (secondary N) is 1. The van der Waals surface area contributed by atoms with Gasteiger partial charge in [0.25, 0.3) is 0 Å². The van der Waals surface area contributed by atoms with E-state index in [9.17, 15) is 9.90 Å². The minimum atomic E-state index is -0.604. The van der Waals surface area contributed by atoms with Crippen LogP contribution in [0.1, 0.15) is 24.1 Å². The summed E-state index contributed by atoms with van der Waals surface area (Å²) in [6.45, 7) is 3.11. The van der Waals surface area contributed by atoms with Crippen molar-refractivity contribution >= 4 is 27.3 Å². The van der Waals surface area contributed by atoms with Gasteiger partial charge in [0.15, 0.2) is 0 Å². The number of carbonyl (C=O) groups is 1. The fourth-order valence-corrected chi connectivity index (χ4v) is 5.11. The Bertz CT molecular complexity index is 696. The molecule has 4 rings (SSSR count). The summed E-state index contributed by atoms with van der Waals surface area (Å²) in [6, 6.07) is 10.7. The van der Waals surface area contributed by atoms with Crippen LogP contribution in [0, 0.1) is 5.41 Å². The molecule has 2 saturated heterocycles. The predicted octanol–water partition coefficient (Wildman–Crippen LogP) is 2.36. The minimum Gasteiger partial charge on any atom is -0.392 e. The lowest BCUT2D eigenvalue weighted by Crippen LogP contribution is -2.61. The van der Waals surface area contributed by atoms with Crippen LogP contribution in [-0.2, 0) is 11.3 Å². The summed E-state index contributed by atoms with van der Waals surface area (Å²) in [4.78, 5) is 16.1. The molecule has 2 fully saturated rings. The second-order valence-corrected chi connectivity index (χ2v) is 7.95. The fraction of sp³-hybridized carbons (Fsp3) is 0.500. The number of hydrogen-bond acceptors (Lipinski definition) is 4. The van der Waals surface area contributed by atoms with Gasteiger partial charge in [0, 0.05) is 35.8 Å². The summed E-state index contributed by atoms with van der Waals surface area (Å²) in [6.07, 6.45) is 1.92. The molecule has 122 valence electrons. The van der Waals surface area contributed by atoms with Gasteiger partial charge in [0.2, 0.25) is 5.91 Å². The van der Waals surface area contributed by atoms with Crippen molar-refractivity contribution in [1.82, 2.24) is 10.2 Å². The number of nitrogens with zero attached hydrogens (tertiary/aromatic N) is 1. The van der Waals surface area contributed by atoms with Crippen molar-refractivity contribution in [3.8, 4) is 0 Å². The molecule has 2 N–H and O–H groups in total. The molecule has 23 heavy (non-hydrogen) atoms. The Labute approximate surface area is 140 Å². The number of carbonyl (C=O) groups excluding carboxylic acids is 1. The van der Waals surface area contributed by atoms with Crippen molar-refractivity contribution in [3.63, 3.8) is 0 Å². The molecule has 3 heterocycles. The molecule has 0 aliphatic carbocycles. The number of piperidine rings is 2. The zero-order chi connectivity index (χ0) is 15.9. The van der Waals surface area contributed by atoms with E-state index in [4.69, 9.17) is 0 Å². The van der Waals surface area contributed by atoms with Gasteiger partial charge in [-0.1, -0.05) is 18.2 Å². The molecule has 2 atom stereocenters. The molecule has 1 aromatic carbocycles. The zero-order valence-corrected chi connectivity index (χ0v) is 13.9. The van der Waals surface area contributed by atoms with Crippen LogP contribution in [0.3, 0.4) is 0 Å². The van der Waals surface area contributed by atoms with Gasteiger partial charge < -0.3 is 10.4 Å². The highest BCUT2D eigenvalue weighted by atomic mass is 32.1. The van der Waals surface area contributed by atoms with Crippen molar-refractivity contribution in [2.24, 2.45) is 5.41 Å². The summed E-state index contributed by atoms with van der Waals surface area (Å²) in [5.74, 6) is 0.0392. The van der Waals surface area contributed by atoms with Crippen LogP contribution in [0.5, 0.6) is 0 Å². The minimum absolute atomic E-state index is 0.0392. The van der Waals surface area contributed by atoms with E-state index in [1.165, 1.54) is 15.0 Å². The molecule has 0 unspecified atom stereocenters. The molecule has 2 aliphatic heterocycles. The molecule has 4 nitrogen and oxygen atoms in total. The van der Waals surface area contributed by atoms with Gasteiger partial charge in [-0.3, -0.25) is 9.69 Å². The quantitative estimate of drug-likeness (QED) is 0.889. The number of thiophene rings is 1. The van der Waals surface area contributed by atoms with Gasteiger partial charge in [-0.05, 0) is 36.8 Å². The predicted molar refractivity (Wildman–Crippen MR) is 92.4 cm³/mol. The van der Waals surface area contributed by atoms with E-state index in [0.717, 1.165) is 32.5 Å². The molecule has 2 aromatic rings. The molecule has 0 bridgehead atoms. The van der Waals surface area contributed by atoms with E-state index < -0.39 is 11.5 Å². The first-order valence-corrected chi connectivity index (χ1v) is 9.15. The Morgan fingerprint density at radius 3 is 3.09 bits per heavy atom. The molecule has 0 saturated carbocycles. The maximum Gasteiger partial charge on any atom is 0.230 e. The smallest absolute Gasteiger partial charge is 0.230 e. The second kappa shape index (κ2) is 5.89. The van der Waals surface area contributed by atoms with Crippen LogP contribution in [-0.4, -0.2) is 41.7 Å². The Kier molecular flexibility index (Phi) is 3.87. The number of aliphatic hydroxyl groups is 1. The largest absolute Gasteiger partial charge is 0.392 e. The van der Waals surface area contributed by atoms with Crippen LogP contribution >= 0.6 is 11.3 Å². The molecule has 5 heteroatoms. The number of likely N-dealkylation sites (tertiary alicyclic amines) is 1. The van der Waals surface area contributed by atoms with Gasteiger partial charge in [-0.15, -0.1) is 11.3 Å². The first-order chi connectivity index (χ1) is 11.2. The number of benzene rings is 1. The van der Waals surface area contributed by atoms with Gasteiger partial charge in [0.05, 0.1) is 11.5 Å². The van der Waals surface area contributed by atoms with Crippen LogP contribution < -0.4 is 5.32 Å². The zero-order valence-electron chi connectivity index (χ0n) is 13.1. The Balaban J connectivity index is 1.54. The fourth-order valence-electron chi connectivity index (χ4n) is 4.00. The van der Waals surface area contributed by atoms with Crippen molar-refractivity contribution in [2.75, 3.05) is 19.6 Å². The topological polar surface area (TPSA) is 52.6 Å². The lowest BCUT2D eigenvalue weighted by atomic mass is 9.71. The SMILES string of the molecule is O=C1NCCC[C@]12CN(Cc1cc3ccccc3s1)CC[C@H]2O. The van der Waals surface area contributed by atoms with Gasteiger partial charge in [-0.25, -0.2) is 0 Å². The van der Waals surface area contributed by atoms with Crippen molar-refractivity contribution in [2.45, 2.75) is 31.9 Å². The Hall–Kier alpha value is -1.43. The normalized spacial score (nSPS) is 29.1. The molecule has 1 spiro atoms. The summed E-state index contributed by atoms with van der Waals surface area (Å²) >= 11 is 1.82. The Morgan fingerprint density at radius 2 is 2.26 bits per heavy atom. The number of fused-ring (bicyclic) bond motifs is 1. The average Bonchev–Trinajstić information content (AvgIpc) is 2.96. The van der Waals surface area contributed by atoms with Crippen LogP contribution in [0.25, 0.3) is 10.1 Å². The van der Waals surface area contributed by atoms with Crippen LogP contribution in [0.15, 0.2) is 30.3 Å². The molecular formula is C18H22N2O2S. The van der Waals surface area contributed by atoms with Crippen LogP contribution in [0.2, 0.25) is 0 Å². The highest BCUT2D eigenvalue weighted by molar-refractivity contribution is 7.19. The molecular weight excluding hydrogens is 308 g/mol. The lowest BCUT2D eigenvalue weighted by molar-refractivity contribution is -0.149. The number of rotatable bonds is 2. The summed E-state index contributed by atoms with van der Waals surface area (Å²) in [5, 5.41) is 14.7. The van der Waals surface area contributed by atoms with Crippen molar-refractivity contribution in [1.29, 1.82) is 0 Å². The monoisotopic (exact) mass is 330 g/mol. The maximum absolute atomic E-state index is 12.4. The third-order valence-electron chi connectivity index (χ3n) is 5.26. The highest BCUT2D eigenvalue weighted by Crippen LogP contribution is 2.38. The third-order valence-corrected chi connectivity index (χ3v) is 6.36. The summed E-state index contributed by atoms with van der Waals surface area (Å²) in [7, 11) is 0. The van der Waals surface area contributed by atoms with E-state index in [1.54, 1.807) is 0 Å². The van der Waals surface area contributed by atoms with E-state index >= 15 is 0 Å². The lowest BCUT2D eigenvalue weighted by Gasteiger charge is -2.46. The van der Waals surface area contributed by atoms with Crippen molar-refractivity contribution in [3.05, 3.63) is 35.2 Å². The Morgan fingerprint density at radius 1 is 1.39 bits per heavy atom. The molecule has 1 aromatic heterocycles. The van der Waals surface area contributed by atoms with E-state index in [-0.39, 0.29) is 5.91 Å². The van der Waals surface area contributed by atoms with Gasteiger partial charge in [0.1, 0.15) is 0 Å². The standard InChI is InChI=1S/C18H22N2O2S/c21-16-6-9-20(12-18(16)7-3-8-19-17(18)22)11-14-10-13-4-1-2-5-15(13)23-14/h1-2,4-5,10,16,21H,3,6-9,11-12H2,(H,19,22)/t16-,18-/m1/s1. The second-order valence-electron chi connectivity index (χ2n) is 6.78.